The van der Waals surface area contributed by atoms with Crippen LogP contribution in [0.3, 0.4) is 0 Å². The Morgan fingerprint density at radius 1 is 0.676 bits per heavy atom. The first-order valence-corrected chi connectivity index (χ1v) is 9.78. The van der Waals surface area contributed by atoms with Crippen LogP contribution in [0.2, 0.25) is 0 Å². The molecule has 0 aromatic carbocycles. The number of hydrogen-bond acceptors (Lipinski definition) is 3. The molecular weight excluding hydrogens is 601 g/mol. The van der Waals surface area contributed by atoms with Crippen LogP contribution in [0.1, 0.15) is 13.8 Å². The highest BCUT2D eigenvalue weighted by Gasteiger charge is 2.96. The SMILES string of the molecule is C=C(C)C(=O)O.CCNS(=O)(=O)C(F)(F)C(F)(F)C(F)(F)C(F)(F)C(F)(F)C(F)(F)C(F)(F)C(F)(F)F. The third-order valence-electron chi connectivity index (χ3n) is 3.73. The third kappa shape index (κ3) is 5.70. The lowest BCUT2D eigenvalue weighted by atomic mass is 9.91. The molecule has 0 bridgehead atoms. The minimum atomic E-state index is -8.81. The predicted molar refractivity (Wildman–Crippen MR) is 85.7 cm³/mol. The molecule has 0 aliphatic rings. The van der Waals surface area contributed by atoms with Crippen LogP contribution in [-0.2, 0) is 14.8 Å². The Hall–Kier alpha value is -2.07. The number of alkyl halides is 17. The van der Waals surface area contributed by atoms with Gasteiger partial charge in [0, 0.05) is 12.1 Å². The average molecular weight is 613 g/mol. The molecule has 0 spiro atoms. The van der Waals surface area contributed by atoms with Gasteiger partial charge in [0.1, 0.15) is 0 Å². The molecule has 0 heterocycles. The summed E-state index contributed by atoms with van der Waals surface area (Å²) in [7, 11) is -7.15. The Morgan fingerprint density at radius 2 is 0.919 bits per heavy atom. The fourth-order valence-corrected chi connectivity index (χ4v) is 2.63. The van der Waals surface area contributed by atoms with Crippen molar-refractivity contribution in [2.45, 2.75) is 60.8 Å². The van der Waals surface area contributed by atoms with Gasteiger partial charge >= 0.3 is 52.9 Å². The maximum Gasteiger partial charge on any atom is 0.460 e. The van der Waals surface area contributed by atoms with Gasteiger partial charge in [0.05, 0.1) is 0 Å². The third-order valence-corrected chi connectivity index (χ3v) is 5.33. The summed E-state index contributed by atoms with van der Waals surface area (Å²) >= 11 is 0. The van der Waals surface area contributed by atoms with E-state index in [0.29, 0.717) is 11.6 Å². The highest BCUT2D eigenvalue weighted by atomic mass is 32.2. The molecule has 0 fully saturated rings. The molecule has 0 rings (SSSR count). The number of carboxylic acid groups (broad SMARTS) is 1. The molecule has 0 atom stereocenters. The van der Waals surface area contributed by atoms with Crippen molar-refractivity contribution in [3.05, 3.63) is 12.2 Å². The van der Waals surface area contributed by atoms with Crippen LogP contribution in [0.15, 0.2) is 12.2 Å². The number of rotatable bonds is 10. The number of hydrogen-bond donors (Lipinski definition) is 2. The van der Waals surface area contributed by atoms with E-state index in [4.69, 9.17) is 5.11 Å². The molecule has 23 heteroatoms. The molecule has 0 aromatic heterocycles. The quantitative estimate of drug-likeness (QED) is 0.251. The minimum Gasteiger partial charge on any atom is -0.478 e. The maximum atomic E-state index is 13.4. The molecule has 37 heavy (non-hydrogen) atoms. The van der Waals surface area contributed by atoms with E-state index in [1.807, 2.05) is 0 Å². The lowest BCUT2D eigenvalue weighted by Gasteiger charge is -2.42. The van der Waals surface area contributed by atoms with E-state index in [1.54, 1.807) is 0 Å². The Kier molecular flexibility index (Phi) is 10.3. The molecule has 0 aliphatic carbocycles. The summed E-state index contributed by atoms with van der Waals surface area (Å²) in [4.78, 5) is 9.60. The van der Waals surface area contributed by atoms with E-state index in [2.05, 4.69) is 6.58 Å². The topological polar surface area (TPSA) is 83.5 Å². The zero-order chi connectivity index (χ0) is 31.1. The normalized spacial score (nSPS) is 15.1. The number of nitrogens with one attached hydrogen (secondary N) is 1. The molecule has 0 saturated heterocycles. The van der Waals surface area contributed by atoms with E-state index in [-0.39, 0.29) is 5.57 Å². The Balaban J connectivity index is 0. The predicted octanol–water partition coefficient (Wildman–Crippen LogP) is 5.54. The summed E-state index contributed by atoms with van der Waals surface area (Å²) in [6.45, 7) is 3.79. The van der Waals surface area contributed by atoms with Crippen LogP contribution in [-0.4, -0.2) is 73.0 Å². The zero-order valence-corrected chi connectivity index (χ0v) is 18.2. The number of carbonyl (C=O) groups is 1. The van der Waals surface area contributed by atoms with Gasteiger partial charge in [0.15, 0.2) is 0 Å². The van der Waals surface area contributed by atoms with Gasteiger partial charge < -0.3 is 5.11 Å². The molecule has 0 amide bonds. The van der Waals surface area contributed by atoms with Crippen LogP contribution in [0.4, 0.5) is 74.6 Å². The molecule has 0 radical (unpaired) electrons. The second kappa shape index (κ2) is 10.2. The smallest absolute Gasteiger partial charge is 0.460 e. The van der Waals surface area contributed by atoms with Crippen molar-refractivity contribution in [3.63, 3.8) is 0 Å². The summed E-state index contributed by atoms with van der Waals surface area (Å²) in [6, 6.07) is 0. The van der Waals surface area contributed by atoms with E-state index in [9.17, 15) is 87.8 Å². The largest absolute Gasteiger partial charge is 0.478 e. The lowest BCUT2D eigenvalue weighted by molar-refractivity contribution is -0.458. The molecule has 5 nitrogen and oxygen atoms in total. The number of halogens is 17. The zero-order valence-electron chi connectivity index (χ0n) is 17.4. The van der Waals surface area contributed by atoms with Crippen molar-refractivity contribution in [1.29, 1.82) is 0 Å². The standard InChI is InChI=1S/C10H6F17NO2S.C4H6O2/c1-2-28-31(29,30)10(26,27)8(21,22)6(17,18)4(13,14)3(11,12)5(15,16)7(19,20)9(23,24)25;1-3(2)4(5)6/h28H,2H2,1H3;1H2,2H3,(H,5,6). The molecule has 0 unspecified atom stereocenters. The van der Waals surface area contributed by atoms with Gasteiger partial charge in [-0.3, -0.25) is 0 Å². The number of carboxylic acids is 1. The Labute approximate surface area is 194 Å². The summed E-state index contributed by atoms with van der Waals surface area (Å²) in [5, 5.41) is 0.392. The Bertz CT molecular complexity index is 944. The molecule has 0 aliphatic heterocycles. The van der Waals surface area contributed by atoms with Crippen molar-refractivity contribution < 1.29 is 93.0 Å². The van der Waals surface area contributed by atoms with Crippen LogP contribution >= 0.6 is 0 Å². The molecule has 2 N–H and O–H groups in total. The van der Waals surface area contributed by atoms with Gasteiger partial charge in [0.2, 0.25) is 0 Å². The first-order chi connectivity index (χ1) is 15.7. The monoisotopic (exact) mass is 613 g/mol. The van der Waals surface area contributed by atoms with Crippen molar-refractivity contribution in [2.24, 2.45) is 0 Å². The first kappa shape index (κ1) is 37.1. The lowest BCUT2D eigenvalue weighted by Crippen LogP contribution is -2.75. The Morgan fingerprint density at radius 3 is 1.14 bits per heavy atom. The summed E-state index contributed by atoms with van der Waals surface area (Å²) < 4.78 is 242. The van der Waals surface area contributed by atoms with Crippen LogP contribution < -0.4 is 4.72 Å². The summed E-state index contributed by atoms with van der Waals surface area (Å²) in [5.41, 5.74) is 0.176. The van der Waals surface area contributed by atoms with Crippen molar-refractivity contribution >= 4 is 16.0 Å². The second-order valence-corrected chi connectivity index (χ2v) is 8.36. The van der Waals surface area contributed by atoms with Gasteiger partial charge in [-0.1, -0.05) is 13.5 Å². The average Bonchev–Trinajstić information content (AvgIpc) is 2.66. The van der Waals surface area contributed by atoms with Gasteiger partial charge in [-0.15, -0.1) is 0 Å². The molecule has 0 saturated carbocycles. The van der Waals surface area contributed by atoms with Crippen LogP contribution in [0, 0.1) is 0 Å². The highest BCUT2D eigenvalue weighted by molar-refractivity contribution is 7.90. The number of aliphatic carboxylic acids is 1. The van der Waals surface area contributed by atoms with E-state index in [1.165, 1.54) is 6.92 Å². The first-order valence-electron chi connectivity index (χ1n) is 8.30. The molecule has 222 valence electrons. The van der Waals surface area contributed by atoms with E-state index in [0.717, 1.165) is 0 Å². The fraction of sp³-hybridized carbons (Fsp3) is 0.786. The number of sulfonamides is 1. The van der Waals surface area contributed by atoms with E-state index >= 15 is 0 Å². The van der Waals surface area contributed by atoms with Crippen LogP contribution in [0.5, 0.6) is 0 Å². The highest BCUT2D eigenvalue weighted by Crippen LogP contribution is 2.64. The second-order valence-electron chi connectivity index (χ2n) is 6.55. The van der Waals surface area contributed by atoms with Gasteiger partial charge in [-0.25, -0.2) is 17.9 Å². The fourth-order valence-electron chi connectivity index (χ4n) is 1.60. The van der Waals surface area contributed by atoms with Crippen LogP contribution in [0.25, 0.3) is 0 Å². The molecule has 0 aromatic rings. The van der Waals surface area contributed by atoms with Gasteiger partial charge in [0.25, 0.3) is 10.0 Å². The molecular formula is C14H12F17NO4S. The summed E-state index contributed by atoms with van der Waals surface area (Å²) in [6.07, 6.45) is -7.86. The van der Waals surface area contributed by atoms with Crippen molar-refractivity contribution in [2.75, 3.05) is 6.54 Å². The van der Waals surface area contributed by atoms with Gasteiger partial charge in [-0.05, 0) is 6.92 Å². The summed E-state index contributed by atoms with van der Waals surface area (Å²) in [5.74, 6) is -52.4. The van der Waals surface area contributed by atoms with Gasteiger partial charge in [-0.2, -0.15) is 74.6 Å². The van der Waals surface area contributed by atoms with Crippen molar-refractivity contribution in [3.8, 4) is 0 Å². The maximum absolute atomic E-state index is 13.4. The minimum absolute atomic E-state index is 0.176. The van der Waals surface area contributed by atoms with Crippen molar-refractivity contribution in [1.82, 2.24) is 4.72 Å². The van der Waals surface area contributed by atoms with E-state index < -0.39 is 69.5 Å².